The molecule has 0 saturated carbocycles. The fraction of sp³-hybridized carbons (Fsp3) is 0.579. The van der Waals surface area contributed by atoms with E-state index in [9.17, 15) is 35.1 Å². The minimum Gasteiger partial charge on any atom is -0.479 e. The number of amides is 1. The monoisotopic (exact) mass is 401 g/mol. The van der Waals surface area contributed by atoms with Crippen molar-refractivity contribution in [3.05, 3.63) is 35.9 Å². The molecule has 9 nitrogen and oxygen atoms in total. The summed E-state index contributed by atoms with van der Waals surface area (Å²) in [6.07, 6.45) is -7.02. The molecule has 0 aliphatic carbocycles. The number of carbonyl (C=O) groups is 2. The van der Waals surface area contributed by atoms with Crippen LogP contribution in [0.2, 0.25) is 0 Å². The lowest BCUT2D eigenvalue weighted by Crippen LogP contribution is -2.69. The van der Waals surface area contributed by atoms with E-state index in [1.165, 1.54) is 0 Å². The molecule has 4 atom stereocenters. The van der Waals surface area contributed by atoms with Crippen molar-refractivity contribution in [2.75, 3.05) is 6.61 Å². The van der Waals surface area contributed by atoms with E-state index in [1.807, 2.05) is 5.32 Å². The summed E-state index contributed by atoms with van der Waals surface area (Å²) >= 11 is 0. The number of ether oxygens (including phenoxy) is 1. The molecule has 9 heteroatoms. The maximum absolute atomic E-state index is 12.0. The van der Waals surface area contributed by atoms with E-state index in [4.69, 9.17) is 4.74 Å². The van der Waals surface area contributed by atoms with Crippen LogP contribution < -0.4 is 5.32 Å². The number of nitrogens with one attached hydrogen (secondary N) is 1. The standard InChI is InChI=1S/C18H27NO8.CH4/c1-17(2,3)27-16(26)19-18(10-20,15(24)25)14(23)13(22)12(21)9-11-7-5-4-6-8-11;/h4-8,12-14,20-23H,9-10H2,1-3H3,(H,19,26)(H,24,25);1H4. The van der Waals surface area contributed by atoms with Gasteiger partial charge in [0.15, 0.2) is 5.54 Å². The number of aliphatic carboxylic acids is 1. The van der Waals surface area contributed by atoms with Gasteiger partial charge in [-0.05, 0) is 26.3 Å². The summed E-state index contributed by atoms with van der Waals surface area (Å²) in [6, 6.07) is 8.54. The number of hydrogen-bond acceptors (Lipinski definition) is 7. The zero-order valence-electron chi connectivity index (χ0n) is 15.5. The third kappa shape index (κ3) is 6.75. The Balaban J connectivity index is 0.00000729. The number of rotatable bonds is 8. The number of carboxylic acid groups (broad SMARTS) is 1. The van der Waals surface area contributed by atoms with Crippen LogP contribution in [-0.4, -0.2) is 73.7 Å². The van der Waals surface area contributed by atoms with Crippen molar-refractivity contribution in [2.24, 2.45) is 0 Å². The second kappa shape index (κ2) is 10.4. The van der Waals surface area contributed by atoms with Crippen LogP contribution in [0.3, 0.4) is 0 Å². The first-order valence-corrected chi connectivity index (χ1v) is 8.36. The van der Waals surface area contributed by atoms with Crippen LogP contribution in [0.1, 0.15) is 33.8 Å². The fourth-order valence-electron chi connectivity index (χ4n) is 2.42. The summed E-state index contributed by atoms with van der Waals surface area (Å²) in [7, 11) is 0. The SMILES string of the molecule is C.CC(C)(C)OC(=O)NC(CO)(C(=O)O)C(O)C(O)C(O)Cc1ccccc1. The molecule has 0 aliphatic heterocycles. The zero-order valence-corrected chi connectivity index (χ0v) is 15.5. The predicted molar refractivity (Wildman–Crippen MR) is 102 cm³/mol. The molecule has 4 unspecified atom stereocenters. The average molecular weight is 401 g/mol. The van der Waals surface area contributed by atoms with Crippen LogP contribution in [-0.2, 0) is 16.0 Å². The van der Waals surface area contributed by atoms with E-state index in [-0.39, 0.29) is 13.8 Å². The highest BCUT2D eigenvalue weighted by molar-refractivity contribution is 5.85. The Morgan fingerprint density at radius 1 is 1.11 bits per heavy atom. The van der Waals surface area contributed by atoms with Crippen molar-refractivity contribution in [1.29, 1.82) is 0 Å². The smallest absolute Gasteiger partial charge is 0.408 e. The van der Waals surface area contributed by atoms with Crippen LogP contribution >= 0.6 is 0 Å². The summed E-state index contributed by atoms with van der Waals surface area (Å²) < 4.78 is 4.95. The van der Waals surface area contributed by atoms with Gasteiger partial charge in [-0.25, -0.2) is 9.59 Å². The molecular weight excluding hydrogens is 370 g/mol. The lowest BCUT2D eigenvalue weighted by Gasteiger charge is -2.37. The summed E-state index contributed by atoms with van der Waals surface area (Å²) in [5, 5.41) is 51.8. The molecule has 6 N–H and O–H groups in total. The number of hydrogen-bond donors (Lipinski definition) is 6. The first kappa shape index (κ1) is 25.8. The van der Waals surface area contributed by atoms with Crippen molar-refractivity contribution in [3.8, 4) is 0 Å². The van der Waals surface area contributed by atoms with E-state index in [0.717, 1.165) is 0 Å². The van der Waals surface area contributed by atoms with E-state index >= 15 is 0 Å². The summed E-state index contributed by atoms with van der Waals surface area (Å²) in [5.41, 5.74) is -2.99. The maximum atomic E-state index is 12.0. The van der Waals surface area contributed by atoms with Crippen molar-refractivity contribution >= 4 is 12.1 Å². The molecule has 0 fully saturated rings. The Bertz CT molecular complexity index is 631. The predicted octanol–water partition coefficient (Wildman–Crippen LogP) is 0.288. The number of carbonyl (C=O) groups excluding carboxylic acids is 1. The highest BCUT2D eigenvalue weighted by Gasteiger charge is 2.51. The quantitative estimate of drug-likeness (QED) is 0.363. The molecule has 1 rings (SSSR count). The molecule has 0 heterocycles. The van der Waals surface area contributed by atoms with Gasteiger partial charge in [0, 0.05) is 6.42 Å². The Hall–Kier alpha value is -2.20. The molecule has 28 heavy (non-hydrogen) atoms. The minimum atomic E-state index is -2.67. The van der Waals surface area contributed by atoms with Gasteiger partial charge in [0.05, 0.1) is 12.7 Å². The number of alkyl carbamates (subject to hydrolysis) is 1. The van der Waals surface area contributed by atoms with Crippen LogP contribution in [0, 0.1) is 0 Å². The van der Waals surface area contributed by atoms with E-state index in [1.54, 1.807) is 51.1 Å². The lowest BCUT2D eigenvalue weighted by atomic mass is 9.86. The Morgan fingerprint density at radius 2 is 1.64 bits per heavy atom. The first-order chi connectivity index (χ1) is 12.4. The third-order valence-electron chi connectivity index (χ3n) is 3.87. The fourth-order valence-corrected chi connectivity index (χ4v) is 2.42. The molecule has 1 amide bonds. The number of aliphatic hydroxyl groups is 4. The Morgan fingerprint density at radius 3 is 2.07 bits per heavy atom. The lowest BCUT2D eigenvalue weighted by molar-refractivity contribution is -0.163. The van der Waals surface area contributed by atoms with Crippen molar-refractivity contribution < 1.29 is 39.9 Å². The zero-order chi connectivity index (χ0) is 20.8. The molecule has 0 radical (unpaired) electrons. The van der Waals surface area contributed by atoms with E-state index in [2.05, 4.69) is 0 Å². The molecule has 0 aromatic heterocycles. The summed E-state index contributed by atoms with van der Waals surface area (Å²) in [5.74, 6) is -1.80. The van der Waals surface area contributed by atoms with Gasteiger partial charge in [0.25, 0.3) is 0 Å². The number of aliphatic hydroxyl groups excluding tert-OH is 4. The summed E-state index contributed by atoms with van der Waals surface area (Å²) in [4.78, 5) is 23.7. The normalized spacial score (nSPS) is 16.7. The largest absolute Gasteiger partial charge is 0.479 e. The molecule has 1 aromatic carbocycles. The third-order valence-corrected chi connectivity index (χ3v) is 3.87. The van der Waals surface area contributed by atoms with Gasteiger partial charge < -0.3 is 35.6 Å². The second-order valence-electron chi connectivity index (χ2n) is 7.25. The molecule has 0 aliphatic rings. The summed E-state index contributed by atoms with van der Waals surface area (Å²) in [6.45, 7) is 3.40. The van der Waals surface area contributed by atoms with Gasteiger partial charge in [0.1, 0.15) is 17.8 Å². The Kier molecular flexibility index (Phi) is 9.56. The molecule has 160 valence electrons. The van der Waals surface area contributed by atoms with Gasteiger partial charge >= 0.3 is 12.1 Å². The van der Waals surface area contributed by atoms with Gasteiger partial charge in [-0.1, -0.05) is 37.8 Å². The first-order valence-electron chi connectivity index (χ1n) is 8.36. The Labute approximate surface area is 164 Å². The molecular formula is C19H31NO8. The van der Waals surface area contributed by atoms with Crippen LogP contribution in [0.5, 0.6) is 0 Å². The van der Waals surface area contributed by atoms with Gasteiger partial charge in [-0.2, -0.15) is 0 Å². The molecule has 1 aromatic rings. The second-order valence-corrected chi connectivity index (χ2v) is 7.25. The van der Waals surface area contributed by atoms with Crippen LogP contribution in [0.4, 0.5) is 4.79 Å². The van der Waals surface area contributed by atoms with Crippen molar-refractivity contribution in [2.45, 2.75) is 64.1 Å². The highest BCUT2D eigenvalue weighted by Crippen LogP contribution is 2.20. The van der Waals surface area contributed by atoms with E-state index in [0.29, 0.717) is 5.56 Å². The topological polar surface area (TPSA) is 157 Å². The maximum Gasteiger partial charge on any atom is 0.408 e. The average Bonchev–Trinajstić information content (AvgIpc) is 2.57. The molecule has 0 saturated heterocycles. The number of benzene rings is 1. The molecule has 0 bridgehead atoms. The van der Waals surface area contributed by atoms with Crippen LogP contribution in [0.15, 0.2) is 30.3 Å². The van der Waals surface area contributed by atoms with Crippen molar-refractivity contribution in [3.63, 3.8) is 0 Å². The highest BCUT2D eigenvalue weighted by atomic mass is 16.6. The van der Waals surface area contributed by atoms with Crippen molar-refractivity contribution in [1.82, 2.24) is 5.32 Å². The van der Waals surface area contributed by atoms with Gasteiger partial charge in [0.2, 0.25) is 0 Å². The van der Waals surface area contributed by atoms with Crippen LogP contribution in [0.25, 0.3) is 0 Å². The number of carboxylic acids is 1. The van der Waals surface area contributed by atoms with E-state index < -0.39 is 48.1 Å². The minimum absolute atomic E-state index is 0. The van der Waals surface area contributed by atoms with Gasteiger partial charge in [-0.3, -0.25) is 0 Å². The van der Waals surface area contributed by atoms with Gasteiger partial charge in [-0.15, -0.1) is 0 Å². The molecule has 0 spiro atoms.